The Morgan fingerprint density at radius 3 is 2.34 bits per heavy atom. The van der Waals surface area contributed by atoms with E-state index < -0.39 is 17.7 Å². The number of rotatable bonds is 7. The number of aryl methyl sites for hydroxylation is 1. The summed E-state index contributed by atoms with van der Waals surface area (Å²) in [4.78, 5) is 31.9. The Kier molecular flexibility index (Phi) is 7.24. The van der Waals surface area contributed by atoms with Crippen molar-refractivity contribution in [2.75, 3.05) is 0 Å². The minimum Gasteiger partial charge on any atom is -0.507 e. The van der Waals surface area contributed by atoms with Crippen LogP contribution < -0.4 is 4.74 Å². The molecule has 0 spiro atoms. The molecule has 0 aliphatic carbocycles. The number of hydrogen-bond acceptors (Lipinski definition) is 5. The van der Waals surface area contributed by atoms with E-state index in [0.717, 1.165) is 16.7 Å². The highest BCUT2D eigenvalue weighted by molar-refractivity contribution is 6.46. The highest BCUT2D eigenvalue weighted by atomic mass is 35.5. The predicted octanol–water partition coefficient (Wildman–Crippen LogP) is 6.24. The average molecular weight is 525 g/mol. The van der Waals surface area contributed by atoms with Gasteiger partial charge in [0, 0.05) is 29.5 Å². The largest absolute Gasteiger partial charge is 0.507 e. The zero-order valence-corrected chi connectivity index (χ0v) is 21.4. The zero-order chi connectivity index (χ0) is 26.6. The van der Waals surface area contributed by atoms with E-state index in [2.05, 4.69) is 11.1 Å². The third-order valence-corrected chi connectivity index (χ3v) is 6.70. The SMILES string of the molecule is Cc1cccc(COc2ccc(C(O)=C3C(=O)C(=O)N(Cc4ccncc4)C3c3ccc(Cl)cc3)cc2)c1. The van der Waals surface area contributed by atoms with Crippen LogP contribution in [0, 0.1) is 6.92 Å². The van der Waals surface area contributed by atoms with Gasteiger partial charge < -0.3 is 14.7 Å². The van der Waals surface area contributed by atoms with Gasteiger partial charge in [0.05, 0.1) is 11.6 Å². The van der Waals surface area contributed by atoms with E-state index in [1.807, 2.05) is 25.1 Å². The third-order valence-electron chi connectivity index (χ3n) is 6.44. The Morgan fingerprint density at radius 2 is 1.66 bits per heavy atom. The fourth-order valence-corrected chi connectivity index (χ4v) is 4.68. The van der Waals surface area contributed by atoms with Crippen LogP contribution >= 0.6 is 11.6 Å². The summed E-state index contributed by atoms with van der Waals surface area (Å²) in [6, 6.07) is 24.6. The number of ketones is 1. The lowest BCUT2D eigenvalue weighted by Crippen LogP contribution is -2.29. The predicted molar refractivity (Wildman–Crippen MR) is 145 cm³/mol. The number of benzene rings is 3. The van der Waals surface area contributed by atoms with Gasteiger partial charge in [-0.3, -0.25) is 14.6 Å². The molecule has 5 rings (SSSR count). The smallest absolute Gasteiger partial charge is 0.295 e. The molecule has 190 valence electrons. The Bertz CT molecular complexity index is 1500. The lowest BCUT2D eigenvalue weighted by atomic mass is 9.95. The molecule has 0 saturated carbocycles. The molecule has 1 aliphatic heterocycles. The van der Waals surface area contributed by atoms with Gasteiger partial charge in [-0.2, -0.15) is 0 Å². The van der Waals surface area contributed by atoms with Crippen LogP contribution in [0.3, 0.4) is 0 Å². The topological polar surface area (TPSA) is 79.7 Å². The second kappa shape index (κ2) is 10.9. The molecule has 1 saturated heterocycles. The number of hydrogen-bond donors (Lipinski definition) is 1. The number of amides is 1. The number of ether oxygens (including phenoxy) is 1. The van der Waals surface area contributed by atoms with Crippen LogP contribution in [-0.2, 0) is 22.7 Å². The van der Waals surface area contributed by atoms with Gasteiger partial charge in [-0.15, -0.1) is 0 Å². The summed E-state index contributed by atoms with van der Waals surface area (Å²) in [7, 11) is 0. The van der Waals surface area contributed by atoms with E-state index in [-0.39, 0.29) is 17.9 Å². The maximum atomic E-state index is 13.3. The molecule has 38 heavy (non-hydrogen) atoms. The van der Waals surface area contributed by atoms with Gasteiger partial charge in [0.15, 0.2) is 0 Å². The highest BCUT2D eigenvalue weighted by Crippen LogP contribution is 2.40. The summed E-state index contributed by atoms with van der Waals surface area (Å²) < 4.78 is 5.89. The first-order chi connectivity index (χ1) is 18.4. The summed E-state index contributed by atoms with van der Waals surface area (Å²) in [5, 5.41) is 11.8. The van der Waals surface area contributed by atoms with Crippen molar-refractivity contribution in [1.29, 1.82) is 0 Å². The first kappa shape index (κ1) is 25.2. The Hall–Kier alpha value is -4.42. The summed E-state index contributed by atoms with van der Waals surface area (Å²) in [6.45, 7) is 2.62. The third kappa shape index (κ3) is 5.31. The molecule has 2 heterocycles. The van der Waals surface area contributed by atoms with Gasteiger partial charge in [-0.25, -0.2) is 0 Å². The number of halogens is 1. The van der Waals surface area contributed by atoms with Gasteiger partial charge in [0.1, 0.15) is 18.1 Å². The molecule has 1 aliphatic rings. The number of aliphatic hydroxyl groups is 1. The minimum atomic E-state index is -0.780. The van der Waals surface area contributed by atoms with Crippen molar-refractivity contribution in [2.24, 2.45) is 0 Å². The molecule has 1 atom stereocenters. The first-order valence-electron chi connectivity index (χ1n) is 12.1. The molecule has 3 aromatic carbocycles. The summed E-state index contributed by atoms with van der Waals surface area (Å²) in [5.74, 6) is -1.04. The summed E-state index contributed by atoms with van der Waals surface area (Å²) in [6.07, 6.45) is 3.26. The van der Waals surface area contributed by atoms with Crippen LogP contribution in [0.5, 0.6) is 5.75 Å². The molecule has 0 radical (unpaired) electrons. The first-order valence-corrected chi connectivity index (χ1v) is 12.5. The molecule has 0 bridgehead atoms. The van der Waals surface area contributed by atoms with Crippen molar-refractivity contribution in [1.82, 2.24) is 9.88 Å². The monoisotopic (exact) mass is 524 g/mol. The number of Topliss-reactive ketones (excluding diaryl/α,β-unsaturated/α-hetero) is 1. The Morgan fingerprint density at radius 1 is 0.947 bits per heavy atom. The molecule has 4 aromatic rings. The number of carbonyl (C=O) groups is 2. The number of likely N-dealkylation sites (tertiary alicyclic amines) is 1. The molecular formula is C31H25ClN2O4. The maximum absolute atomic E-state index is 13.3. The van der Waals surface area contributed by atoms with Crippen molar-refractivity contribution >= 4 is 29.1 Å². The van der Waals surface area contributed by atoms with E-state index >= 15 is 0 Å². The van der Waals surface area contributed by atoms with E-state index in [0.29, 0.717) is 28.5 Å². The van der Waals surface area contributed by atoms with Crippen molar-refractivity contribution in [3.8, 4) is 5.75 Å². The van der Waals surface area contributed by atoms with E-state index in [9.17, 15) is 14.7 Å². The Balaban J connectivity index is 1.47. The number of nitrogens with zero attached hydrogens (tertiary/aromatic N) is 2. The summed E-state index contributed by atoms with van der Waals surface area (Å²) in [5.41, 5.74) is 4.13. The normalized spacial score (nSPS) is 16.6. The van der Waals surface area contributed by atoms with Gasteiger partial charge in [-0.05, 0) is 72.1 Å². The van der Waals surface area contributed by atoms with Crippen LogP contribution in [0.25, 0.3) is 5.76 Å². The fraction of sp³-hybridized carbons (Fsp3) is 0.129. The molecule has 1 amide bonds. The number of pyridine rings is 1. The molecule has 6 nitrogen and oxygen atoms in total. The van der Waals surface area contributed by atoms with Crippen LogP contribution in [0.1, 0.15) is 33.9 Å². The van der Waals surface area contributed by atoms with Crippen molar-refractivity contribution in [2.45, 2.75) is 26.1 Å². The second-order valence-electron chi connectivity index (χ2n) is 9.14. The van der Waals surface area contributed by atoms with Crippen molar-refractivity contribution in [3.05, 3.63) is 136 Å². The van der Waals surface area contributed by atoms with Crippen LogP contribution in [0.4, 0.5) is 0 Å². The molecule has 1 N–H and O–H groups in total. The quantitative estimate of drug-likeness (QED) is 0.176. The fourth-order valence-electron chi connectivity index (χ4n) is 4.55. The lowest BCUT2D eigenvalue weighted by Gasteiger charge is -2.25. The van der Waals surface area contributed by atoms with Crippen molar-refractivity contribution in [3.63, 3.8) is 0 Å². The van der Waals surface area contributed by atoms with Crippen molar-refractivity contribution < 1.29 is 19.4 Å². The number of carbonyl (C=O) groups excluding carboxylic acids is 2. The molecule has 7 heteroatoms. The van der Waals surface area contributed by atoms with Crippen LogP contribution in [0.2, 0.25) is 5.02 Å². The van der Waals surface area contributed by atoms with Gasteiger partial charge in [0.25, 0.3) is 11.7 Å². The number of aromatic nitrogens is 1. The van der Waals surface area contributed by atoms with Gasteiger partial charge in [-0.1, -0.05) is 53.6 Å². The average Bonchev–Trinajstić information content (AvgIpc) is 3.18. The number of aliphatic hydroxyl groups excluding tert-OH is 1. The van der Waals surface area contributed by atoms with Crippen LogP contribution in [0.15, 0.2) is 103 Å². The van der Waals surface area contributed by atoms with Crippen LogP contribution in [-0.4, -0.2) is 26.7 Å². The molecular weight excluding hydrogens is 500 g/mol. The van der Waals surface area contributed by atoms with Gasteiger partial charge in [0.2, 0.25) is 0 Å². The minimum absolute atomic E-state index is 0.0276. The zero-order valence-electron chi connectivity index (χ0n) is 20.7. The lowest BCUT2D eigenvalue weighted by molar-refractivity contribution is -0.140. The maximum Gasteiger partial charge on any atom is 0.295 e. The van der Waals surface area contributed by atoms with E-state index in [1.54, 1.807) is 73.1 Å². The van der Waals surface area contributed by atoms with Gasteiger partial charge >= 0.3 is 0 Å². The molecule has 1 aromatic heterocycles. The molecule has 1 unspecified atom stereocenters. The Labute approximate surface area is 225 Å². The van der Waals surface area contributed by atoms with E-state index in [4.69, 9.17) is 16.3 Å². The van der Waals surface area contributed by atoms with E-state index in [1.165, 1.54) is 4.90 Å². The standard InChI is InChI=1S/C31H25ClN2O4/c1-20-3-2-4-22(17-20)19-38-26-11-7-24(8-12-26)29(35)27-28(23-5-9-25(32)10-6-23)34(31(37)30(27)36)18-21-13-15-33-16-14-21/h2-17,28,35H,18-19H2,1H3. The highest BCUT2D eigenvalue weighted by Gasteiger charge is 2.46. The summed E-state index contributed by atoms with van der Waals surface area (Å²) >= 11 is 6.10. The molecule has 1 fully saturated rings. The second-order valence-corrected chi connectivity index (χ2v) is 9.57.